The van der Waals surface area contributed by atoms with Crippen molar-refractivity contribution in [1.29, 1.82) is 0 Å². The van der Waals surface area contributed by atoms with Crippen molar-refractivity contribution in [3.8, 4) is 11.3 Å². The van der Waals surface area contributed by atoms with Gasteiger partial charge in [-0.05, 0) is 24.6 Å². The maximum atomic E-state index is 5.67. The molecule has 90 valence electrons. The smallest absolute Gasteiger partial charge is 0.174 e. The fourth-order valence-electron chi connectivity index (χ4n) is 2.03. The monoisotopic (exact) mass is 238 g/mol. The molecule has 0 aliphatic carbocycles. The molecule has 0 spiro atoms. The molecule has 0 aliphatic rings. The first kappa shape index (κ1) is 11.0. The van der Waals surface area contributed by atoms with Crippen LogP contribution in [-0.4, -0.2) is 5.16 Å². The molecule has 0 unspecified atom stereocenters. The molecule has 18 heavy (non-hydrogen) atoms. The Kier molecular flexibility index (Phi) is 2.61. The van der Waals surface area contributed by atoms with E-state index in [1.165, 1.54) is 5.56 Å². The molecule has 0 aliphatic heterocycles. The Morgan fingerprint density at radius 2 is 1.89 bits per heavy atom. The maximum Gasteiger partial charge on any atom is 0.174 e. The Hall–Kier alpha value is -2.13. The summed E-state index contributed by atoms with van der Waals surface area (Å²) in [6.07, 6.45) is 0. The van der Waals surface area contributed by atoms with Crippen LogP contribution in [0.15, 0.2) is 47.0 Å². The molecule has 0 saturated heterocycles. The largest absolute Gasteiger partial charge is 0.355 e. The van der Waals surface area contributed by atoms with Gasteiger partial charge in [-0.3, -0.25) is 0 Å². The minimum Gasteiger partial charge on any atom is -0.355 e. The van der Waals surface area contributed by atoms with Crippen molar-refractivity contribution in [2.24, 2.45) is 5.73 Å². The molecule has 0 amide bonds. The highest BCUT2D eigenvalue weighted by Crippen LogP contribution is 2.29. The van der Waals surface area contributed by atoms with Crippen LogP contribution in [0.1, 0.15) is 11.1 Å². The van der Waals surface area contributed by atoms with Gasteiger partial charge in [0.05, 0.1) is 5.39 Å². The van der Waals surface area contributed by atoms with Gasteiger partial charge in [-0.1, -0.05) is 41.1 Å². The molecule has 0 atom stereocenters. The van der Waals surface area contributed by atoms with Crippen molar-refractivity contribution < 1.29 is 4.52 Å². The Morgan fingerprint density at radius 1 is 1.11 bits per heavy atom. The van der Waals surface area contributed by atoms with Crippen molar-refractivity contribution >= 4 is 10.9 Å². The van der Waals surface area contributed by atoms with Crippen LogP contribution >= 0.6 is 0 Å². The summed E-state index contributed by atoms with van der Waals surface area (Å²) >= 11 is 0. The third kappa shape index (κ3) is 1.79. The Labute approximate surface area is 105 Å². The van der Waals surface area contributed by atoms with Gasteiger partial charge in [0.15, 0.2) is 5.76 Å². The zero-order valence-electron chi connectivity index (χ0n) is 10.2. The second-order valence-corrected chi connectivity index (χ2v) is 4.43. The molecule has 3 heteroatoms. The van der Waals surface area contributed by atoms with Crippen molar-refractivity contribution in [3.63, 3.8) is 0 Å². The average molecular weight is 238 g/mol. The molecule has 3 rings (SSSR count). The van der Waals surface area contributed by atoms with Crippen LogP contribution in [0.3, 0.4) is 0 Å². The number of nitrogens with two attached hydrogens (primary N) is 1. The molecule has 1 aromatic heterocycles. The SMILES string of the molecule is Cc1ccc(-c2onc3ccc(CN)cc23)cc1. The summed E-state index contributed by atoms with van der Waals surface area (Å²) in [6, 6.07) is 14.2. The molecule has 3 aromatic rings. The first-order chi connectivity index (χ1) is 8.78. The van der Waals surface area contributed by atoms with Crippen LogP contribution in [0.5, 0.6) is 0 Å². The summed E-state index contributed by atoms with van der Waals surface area (Å²) in [5.74, 6) is 0.806. The van der Waals surface area contributed by atoms with Gasteiger partial charge in [0.25, 0.3) is 0 Å². The quantitative estimate of drug-likeness (QED) is 0.745. The molecule has 2 aromatic carbocycles. The number of aryl methyl sites for hydroxylation is 1. The predicted molar refractivity (Wildman–Crippen MR) is 72.1 cm³/mol. The molecule has 0 saturated carbocycles. The normalized spacial score (nSPS) is 11.0. The van der Waals surface area contributed by atoms with Gasteiger partial charge in [-0.2, -0.15) is 0 Å². The van der Waals surface area contributed by atoms with E-state index in [0.29, 0.717) is 6.54 Å². The van der Waals surface area contributed by atoms with E-state index >= 15 is 0 Å². The van der Waals surface area contributed by atoms with E-state index in [1.807, 2.05) is 30.3 Å². The standard InChI is InChI=1S/C15H14N2O/c1-10-2-5-12(6-3-10)15-13-8-11(9-16)4-7-14(13)17-18-15/h2-8H,9,16H2,1H3. The number of fused-ring (bicyclic) bond motifs is 1. The molecule has 1 heterocycles. The lowest BCUT2D eigenvalue weighted by molar-refractivity contribution is 0.441. The van der Waals surface area contributed by atoms with E-state index < -0.39 is 0 Å². The van der Waals surface area contributed by atoms with Gasteiger partial charge in [-0.25, -0.2) is 0 Å². The minimum atomic E-state index is 0.522. The first-order valence-corrected chi connectivity index (χ1v) is 5.93. The molecule has 2 N–H and O–H groups in total. The van der Waals surface area contributed by atoms with Crippen LogP contribution in [0.25, 0.3) is 22.2 Å². The van der Waals surface area contributed by atoms with Gasteiger partial charge >= 0.3 is 0 Å². The van der Waals surface area contributed by atoms with E-state index in [9.17, 15) is 0 Å². The average Bonchev–Trinajstić information content (AvgIpc) is 2.82. The number of benzene rings is 2. The van der Waals surface area contributed by atoms with Crippen LogP contribution in [0, 0.1) is 6.92 Å². The number of hydrogen-bond donors (Lipinski definition) is 1. The molecule has 3 nitrogen and oxygen atoms in total. The van der Waals surface area contributed by atoms with E-state index in [0.717, 1.165) is 27.8 Å². The van der Waals surface area contributed by atoms with Crippen LogP contribution in [0.4, 0.5) is 0 Å². The number of hydrogen-bond acceptors (Lipinski definition) is 3. The summed E-state index contributed by atoms with van der Waals surface area (Å²) in [5.41, 5.74) is 9.88. The maximum absolute atomic E-state index is 5.67. The Bertz CT molecular complexity index is 683. The highest BCUT2D eigenvalue weighted by molar-refractivity contribution is 5.91. The summed E-state index contributed by atoms with van der Waals surface area (Å²) in [5, 5.41) is 5.09. The zero-order chi connectivity index (χ0) is 12.5. The second-order valence-electron chi connectivity index (χ2n) is 4.43. The fraction of sp³-hybridized carbons (Fsp3) is 0.133. The summed E-state index contributed by atoms with van der Waals surface area (Å²) < 4.78 is 5.45. The lowest BCUT2D eigenvalue weighted by atomic mass is 10.1. The van der Waals surface area contributed by atoms with E-state index in [1.54, 1.807) is 0 Å². The van der Waals surface area contributed by atoms with Crippen molar-refractivity contribution in [2.45, 2.75) is 13.5 Å². The van der Waals surface area contributed by atoms with E-state index in [-0.39, 0.29) is 0 Å². The van der Waals surface area contributed by atoms with Crippen molar-refractivity contribution in [3.05, 3.63) is 53.6 Å². The van der Waals surface area contributed by atoms with Crippen LogP contribution in [0.2, 0.25) is 0 Å². The van der Waals surface area contributed by atoms with Gasteiger partial charge in [0.2, 0.25) is 0 Å². The minimum absolute atomic E-state index is 0.522. The van der Waals surface area contributed by atoms with Gasteiger partial charge in [0.1, 0.15) is 5.52 Å². The zero-order valence-corrected chi connectivity index (χ0v) is 10.2. The Morgan fingerprint density at radius 3 is 2.61 bits per heavy atom. The summed E-state index contributed by atoms with van der Waals surface area (Å²) in [6.45, 7) is 2.59. The highest BCUT2D eigenvalue weighted by atomic mass is 16.5. The molecular formula is C15H14N2O. The van der Waals surface area contributed by atoms with Crippen molar-refractivity contribution in [1.82, 2.24) is 5.16 Å². The first-order valence-electron chi connectivity index (χ1n) is 5.93. The topological polar surface area (TPSA) is 52.0 Å². The molecule has 0 bridgehead atoms. The van der Waals surface area contributed by atoms with Crippen LogP contribution in [-0.2, 0) is 6.54 Å². The highest BCUT2D eigenvalue weighted by Gasteiger charge is 2.10. The number of nitrogens with zero attached hydrogens (tertiary/aromatic N) is 1. The lowest BCUT2D eigenvalue weighted by Gasteiger charge is -1.99. The van der Waals surface area contributed by atoms with Gasteiger partial charge in [0, 0.05) is 12.1 Å². The van der Waals surface area contributed by atoms with Gasteiger partial charge < -0.3 is 10.3 Å². The molecule has 0 fully saturated rings. The Balaban J connectivity index is 2.19. The summed E-state index contributed by atoms with van der Waals surface area (Å²) in [4.78, 5) is 0. The van der Waals surface area contributed by atoms with E-state index in [2.05, 4.69) is 24.2 Å². The molecule has 0 radical (unpaired) electrons. The van der Waals surface area contributed by atoms with Crippen molar-refractivity contribution in [2.75, 3.05) is 0 Å². The fourth-order valence-corrected chi connectivity index (χ4v) is 2.03. The third-order valence-electron chi connectivity index (χ3n) is 3.09. The predicted octanol–water partition coefficient (Wildman–Crippen LogP) is 3.26. The lowest BCUT2D eigenvalue weighted by Crippen LogP contribution is -1.95. The van der Waals surface area contributed by atoms with E-state index in [4.69, 9.17) is 10.3 Å². The van der Waals surface area contributed by atoms with Gasteiger partial charge in [-0.15, -0.1) is 0 Å². The summed E-state index contributed by atoms with van der Waals surface area (Å²) in [7, 11) is 0. The number of aromatic nitrogens is 1. The second kappa shape index (κ2) is 4.27. The number of rotatable bonds is 2. The van der Waals surface area contributed by atoms with Crippen LogP contribution < -0.4 is 5.73 Å². The molecular weight excluding hydrogens is 224 g/mol. The third-order valence-corrected chi connectivity index (χ3v) is 3.09.